The fourth-order valence-electron chi connectivity index (χ4n) is 3.60. The van der Waals surface area contributed by atoms with Gasteiger partial charge in [-0.25, -0.2) is 4.79 Å². The Balaban J connectivity index is 1.65. The molecule has 0 spiro atoms. The average Bonchev–Trinajstić information content (AvgIpc) is 3.02. The van der Waals surface area contributed by atoms with Gasteiger partial charge in [-0.2, -0.15) is 5.10 Å². The van der Waals surface area contributed by atoms with Crippen molar-refractivity contribution in [2.24, 2.45) is 0 Å². The maximum atomic E-state index is 12.0. The lowest BCUT2D eigenvalue weighted by molar-refractivity contribution is 0.144. The standard InChI is InChI=1S/C20H22N4O/c1-22-13-18(14-23(2)20(22)25)16-8-9-17-11-21-24(19(17)10-16)12-15-6-4-3-5-7-15/h3-11,18H,12-14H2,1-2H3. The maximum absolute atomic E-state index is 12.0. The largest absolute Gasteiger partial charge is 0.327 e. The molecule has 3 aromatic rings. The predicted molar refractivity (Wildman–Crippen MR) is 98.7 cm³/mol. The Labute approximate surface area is 147 Å². The predicted octanol–water partition coefficient (Wildman–Crippen LogP) is 3.17. The lowest BCUT2D eigenvalue weighted by Gasteiger charge is -2.36. The molecule has 2 heterocycles. The molecule has 128 valence electrons. The van der Waals surface area contributed by atoms with Gasteiger partial charge in [0.15, 0.2) is 0 Å². The van der Waals surface area contributed by atoms with E-state index in [0.29, 0.717) is 5.92 Å². The Kier molecular flexibility index (Phi) is 3.92. The van der Waals surface area contributed by atoms with Crippen LogP contribution < -0.4 is 0 Å². The van der Waals surface area contributed by atoms with Crippen LogP contribution in [-0.2, 0) is 6.54 Å². The zero-order chi connectivity index (χ0) is 17.4. The summed E-state index contributed by atoms with van der Waals surface area (Å²) in [5.41, 5.74) is 3.64. The molecule has 0 unspecified atom stereocenters. The minimum absolute atomic E-state index is 0.0893. The summed E-state index contributed by atoms with van der Waals surface area (Å²) in [6.45, 7) is 2.26. The van der Waals surface area contributed by atoms with Crippen molar-refractivity contribution in [3.05, 3.63) is 65.9 Å². The highest BCUT2D eigenvalue weighted by molar-refractivity contribution is 5.80. The molecular weight excluding hydrogens is 312 g/mol. The zero-order valence-electron chi connectivity index (χ0n) is 14.6. The first-order chi connectivity index (χ1) is 12.1. The van der Waals surface area contributed by atoms with E-state index < -0.39 is 0 Å². The van der Waals surface area contributed by atoms with E-state index in [9.17, 15) is 4.79 Å². The topological polar surface area (TPSA) is 41.4 Å². The Morgan fingerprint density at radius 3 is 2.48 bits per heavy atom. The summed E-state index contributed by atoms with van der Waals surface area (Å²) in [5.74, 6) is 0.317. The minimum atomic E-state index is 0.0893. The first-order valence-electron chi connectivity index (χ1n) is 8.57. The van der Waals surface area contributed by atoms with Gasteiger partial charge < -0.3 is 9.80 Å². The van der Waals surface area contributed by atoms with Crippen molar-refractivity contribution in [3.63, 3.8) is 0 Å². The monoisotopic (exact) mass is 334 g/mol. The quantitative estimate of drug-likeness (QED) is 0.738. The molecule has 0 atom stereocenters. The van der Waals surface area contributed by atoms with Crippen molar-refractivity contribution < 1.29 is 4.79 Å². The Morgan fingerprint density at radius 1 is 1.04 bits per heavy atom. The van der Waals surface area contributed by atoms with Crippen molar-refractivity contribution in [1.82, 2.24) is 19.6 Å². The molecule has 1 fully saturated rings. The zero-order valence-corrected chi connectivity index (χ0v) is 14.6. The van der Waals surface area contributed by atoms with E-state index in [4.69, 9.17) is 0 Å². The Morgan fingerprint density at radius 2 is 1.76 bits per heavy atom. The van der Waals surface area contributed by atoms with Crippen LogP contribution in [-0.4, -0.2) is 52.8 Å². The molecule has 2 aromatic carbocycles. The molecule has 1 saturated heterocycles. The second-order valence-electron chi connectivity index (χ2n) is 6.85. The summed E-state index contributed by atoms with van der Waals surface area (Å²) >= 11 is 0. The summed E-state index contributed by atoms with van der Waals surface area (Å²) in [6.07, 6.45) is 1.92. The number of aromatic nitrogens is 2. The molecule has 0 bridgehead atoms. The van der Waals surface area contributed by atoms with Crippen molar-refractivity contribution >= 4 is 16.9 Å². The van der Waals surface area contributed by atoms with Crippen LogP contribution in [0.3, 0.4) is 0 Å². The third kappa shape index (κ3) is 2.97. The second kappa shape index (κ2) is 6.24. The molecule has 0 N–H and O–H groups in total. The van der Waals surface area contributed by atoms with Gasteiger partial charge in [-0.15, -0.1) is 0 Å². The number of amides is 2. The van der Waals surface area contributed by atoms with E-state index in [0.717, 1.165) is 30.5 Å². The summed E-state index contributed by atoms with van der Waals surface area (Å²) in [7, 11) is 3.73. The molecule has 1 aromatic heterocycles. The highest BCUT2D eigenvalue weighted by atomic mass is 16.2. The number of fused-ring (bicyclic) bond motifs is 1. The van der Waals surface area contributed by atoms with Crippen molar-refractivity contribution in [1.29, 1.82) is 0 Å². The number of rotatable bonds is 3. The van der Waals surface area contributed by atoms with Gasteiger partial charge in [0.1, 0.15) is 0 Å². The van der Waals surface area contributed by atoms with Crippen LogP contribution in [0, 0.1) is 0 Å². The van der Waals surface area contributed by atoms with Crippen LogP contribution in [0.2, 0.25) is 0 Å². The maximum Gasteiger partial charge on any atom is 0.319 e. The van der Waals surface area contributed by atoms with E-state index >= 15 is 0 Å². The smallest absolute Gasteiger partial charge is 0.319 e. The van der Waals surface area contributed by atoms with Gasteiger partial charge in [0, 0.05) is 38.5 Å². The molecule has 5 heteroatoms. The van der Waals surface area contributed by atoms with Gasteiger partial charge in [-0.1, -0.05) is 42.5 Å². The molecule has 1 aliphatic rings. The first kappa shape index (κ1) is 15.7. The van der Waals surface area contributed by atoms with Gasteiger partial charge in [0.2, 0.25) is 0 Å². The number of carbonyl (C=O) groups excluding carboxylic acids is 1. The summed E-state index contributed by atoms with van der Waals surface area (Å²) in [4.78, 5) is 15.6. The summed E-state index contributed by atoms with van der Waals surface area (Å²) < 4.78 is 2.05. The molecule has 2 amide bonds. The summed E-state index contributed by atoms with van der Waals surface area (Å²) in [5, 5.41) is 5.71. The van der Waals surface area contributed by atoms with E-state index in [1.54, 1.807) is 9.80 Å². The Hall–Kier alpha value is -2.82. The Bertz CT molecular complexity index is 888. The van der Waals surface area contributed by atoms with Crippen LogP contribution >= 0.6 is 0 Å². The lowest BCUT2D eigenvalue weighted by Crippen LogP contribution is -2.48. The van der Waals surface area contributed by atoms with Crippen LogP contribution in [0.15, 0.2) is 54.7 Å². The highest BCUT2D eigenvalue weighted by Gasteiger charge is 2.28. The lowest BCUT2D eigenvalue weighted by atomic mass is 9.95. The molecule has 25 heavy (non-hydrogen) atoms. The molecule has 4 rings (SSSR count). The van der Waals surface area contributed by atoms with Crippen molar-refractivity contribution in [2.45, 2.75) is 12.5 Å². The number of nitrogens with zero attached hydrogens (tertiary/aromatic N) is 4. The molecule has 1 aliphatic heterocycles. The van der Waals surface area contributed by atoms with Gasteiger partial charge in [0.05, 0.1) is 18.3 Å². The van der Waals surface area contributed by atoms with Crippen LogP contribution in [0.25, 0.3) is 10.9 Å². The van der Waals surface area contributed by atoms with Crippen LogP contribution in [0.1, 0.15) is 17.0 Å². The number of hydrogen-bond acceptors (Lipinski definition) is 2. The molecule has 0 radical (unpaired) electrons. The minimum Gasteiger partial charge on any atom is -0.327 e. The second-order valence-corrected chi connectivity index (χ2v) is 6.85. The molecular formula is C20H22N4O. The van der Waals surface area contributed by atoms with E-state index in [1.807, 2.05) is 26.4 Å². The van der Waals surface area contributed by atoms with E-state index in [-0.39, 0.29) is 6.03 Å². The average molecular weight is 334 g/mol. The number of urea groups is 1. The fourth-order valence-corrected chi connectivity index (χ4v) is 3.60. The van der Waals surface area contributed by atoms with Crippen LogP contribution in [0.5, 0.6) is 0 Å². The van der Waals surface area contributed by atoms with Crippen molar-refractivity contribution in [2.75, 3.05) is 27.2 Å². The van der Waals surface area contributed by atoms with Crippen molar-refractivity contribution in [3.8, 4) is 0 Å². The highest BCUT2D eigenvalue weighted by Crippen LogP contribution is 2.26. The normalized spacial score (nSPS) is 16.0. The fraction of sp³-hybridized carbons (Fsp3) is 0.300. The first-order valence-corrected chi connectivity index (χ1v) is 8.57. The molecule has 5 nitrogen and oxygen atoms in total. The molecule has 0 aliphatic carbocycles. The number of likely N-dealkylation sites (N-methyl/N-ethyl adjacent to an activating group) is 2. The van der Waals surface area contributed by atoms with Gasteiger partial charge in [0.25, 0.3) is 0 Å². The molecule has 0 saturated carbocycles. The van der Waals surface area contributed by atoms with Crippen LogP contribution in [0.4, 0.5) is 4.79 Å². The number of hydrogen-bond donors (Lipinski definition) is 0. The van der Waals surface area contributed by atoms with Gasteiger partial charge in [-0.3, -0.25) is 4.68 Å². The summed E-state index contributed by atoms with van der Waals surface area (Å²) in [6, 6.07) is 17.0. The van der Waals surface area contributed by atoms with E-state index in [2.05, 4.69) is 52.2 Å². The number of carbonyl (C=O) groups is 1. The van der Waals surface area contributed by atoms with Gasteiger partial charge in [-0.05, 0) is 17.2 Å². The SMILES string of the molecule is CN1CC(c2ccc3cnn(Cc4ccccc4)c3c2)CN(C)C1=O. The third-order valence-corrected chi connectivity index (χ3v) is 4.96. The van der Waals surface area contributed by atoms with E-state index in [1.165, 1.54) is 11.1 Å². The third-order valence-electron chi connectivity index (χ3n) is 4.96. The van der Waals surface area contributed by atoms with Gasteiger partial charge >= 0.3 is 6.03 Å². The number of benzene rings is 2.